The predicted octanol–water partition coefficient (Wildman–Crippen LogP) is 0.328. The van der Waals surface area contributed by atoms with E-state index in [0.717, 1.165) is 5.56 Å². The Morgan fingerprint density at radius 2 is 1.81 bits per heavy atom. The highest BCUT2D eigenvalue weighted by Crippen LogP contribution is 2.12. The zero-order valence-electron chi connectivity index (χ0n) is 17.5. The first-order valence-corrected chi connectivity index (χ1v) is 10.1. The summed E-state index contributed by atoms with van der Waals surface area (Å²) in [5.41, 5.74) is 7.33. The quantitative estimate of drug-likeness (QED) is 0.298. The number of amides is 2. The van der Waals surface area contributed by atoms with E-state index >= 15 is 0 Å². The fourth-order valence-electron chi connectivity index (χ4n) is 3.02. The van der Waals surface area contributed by atoms with E-state index in [1.54, 1.807) is 19.1 Å². The third kappa shape index (κ3) is 7.10. The van der Waals surface area contributed by atoms with E-state index in [4.69, 9.17) is 5.73 Å². The lowest BCUT2D eigenvalue weighted by atomic mass is 9.96. The lowest BCUT2D eigenvalue weighted by Gasteiger charge is -2.26. The van der Waals surface area contributed by atoms with Crippen LogP contribution in [-0.2, 0) is 27.2 Å². The first kappa shape index (κ1) is 23.9. The Morgan fingerprint density at radius 3 is 2.35 bits per heavy atom. The number of phenols is 1. The summed E-state index contributed by atoms with van der Waals surface area (Å²) in [6.45, 7) is 3.66. The molecule has 4 unspecified atom stereocenters. The molecule has 0 aliphatic carbocycles. The van der Waals surface area contributed by atoms with Crippen molar-refractivity contribution in [1.82, 2.24) is 20.6 Å². The summed E-state index contributed by atoms with van der Waals surface area (Å²) in [4.78, 5) is 43.7. The van der Waals surface area contributed by atoms with Crippen LogP contribution in [0.2, 0.25) is 0 Å². The fraction of sp³-hybridized carbons (Fsp3) is 0.429. The molecule has 1 aromatic heterocycles. The third-order valence-corrected chi connectivity index (χ3v) is 5.12. The van der Waals surface area contributed by atoms with Crippen molar-refractivity contribution in [3.63, 3.8) is 0 Å². The van der Waals surface area contributed by atoms with Gasteiger partial charge in [-0.1, -0.05) is 32.4 Å². The van der Waals surface area contributed by atoms with Gasteiger partial charge in [0.15, 0.2) is 0 Å². The van der Waals surface area contributed by atoms with Crippen molar-refractivity contribution in [2.75, 3.05) is 0 Å². The SMILES string of the molecule is CCC(C)C(NC(=O)C(N)Cc1ccc(O)cc1)C(=O)NC(Cc1cnc[nH]1)C(=O)O. The minimum absolute atomic E-state index is 0.0304. The van der Waals surface area contributed by atoms with Gasteiger partial charge in [-0.3, -0.25) is 9.59 Å². The summed E-state index contributed by atoms with van der Waals surface area (Å²) < 4.78 is 0. The standard InChI is InChI=1S/C21H29N5O5/c1-3-12(2)18(20(29)25-17(21(30)31)9-14-10-23-11-24-14)26-19(28)16(22)8-13-4-6-15(27)7-5-13/h4-7,10-12,16-18,27H,3,8-9,22H2,1-2H3,(H,23,24)(H,25,29)(H,26,28)(H,30,31). The van der Waals surface area contributed by atoms with Gasteiger partial charge < -0.3 is 31.6 Å². The molecule has 0 fully saturated rings. The van der Waals surface area contributed by atoms with Crippen molar-refractivity contribution in [2.45, 2.75) is 51.2 Å². The molecule has 0 saturated carbocycles. The molecule has 2 amide bonds. The number of aliphatic carboxylic acids is 1. The number of carbonyl (C=O) groups excluding carboxylic acids is 2. The van der Waals surface area contributed by atoms with E-state index in [-0.39, 0.29) is 24.5 Å². The zero-order valence-corrected chi connectivity index (χ0v) is 17.5. The van der Waals surface area contributed by atoms with Crippen LogP contribution in [0.5, 0.6) is 5.75 Å². The van der Waals surface area contributed by atoms with Crippen LogP contribution in [0.4, 0.5) is 0 Å². The van der Waals surface area contributed by atoms with Crippen LogP contribution in [0, 0.1) is 5.92 Å². The Labute approximate surface area is 180 Å². The number of carboxylic acid groups (broad SMARTS) is 1. The Morgan fingerprint density at radius 1 is 1.13 bits per heavy atom. The lowest BCUT2D eigenvalue weighted by Crippen LogP contribution is -2.57. The highest BCUT2D eigenvalue weighted by atomic mass is 16.4. The average molecular weight is 431 g/mol. The Kier molecular flexibility index (Phi) is 8.56. The van der Waals surface area contributed by atoms with Crippen molar-refractivity contribution in [2.24, 2.45) is 11.7 Å². The van der Waals surface area contributed by atoms with Crippen LogP contribution in [0.15, 0.2) is 36.8 Å². The van der Waals surface area contributed by atoms with Crippen LogP contribution in [0.3, 0.4) is 0 Å². The van der Waals surface area contributed by atoms with Crippen molar-refractivity contribution >= 4 is 17.8 Å². The summed E-state index contributed by atoms with van der Waals surface area (Å²) in [6.07, 6.45) is 3.75. The number of aromatic hydroxyl groups is 1. The normalized spacial score (nSPS) is 14.8. The molecule has 2 rings (SSSR count). The molecule has 10 heteroatoms. The molecule has 0 saturated heterocycles. The molecule has 0 aliphatic rings. The maximum absolute atomic E-state index is 12.9. The smallest absolute Gasteiger partial charge is 0.326 e. The van der Waals surface area contributed by atoms with E-state index in [9.17, 15) is 24.6 Å². The second-order valence-electron chi connectivity index (χ2n) is 7.53. The number of imidazole rings is 1. The van der Waals surface area contributed by atoms with Gasteiger partial charge in [0.25, 0.3) is 0 Å². The number of carboxylic acids is 1. The lowest BCUT2D eigenvalue weighted by molar-refractivity contribution is -0.142. The maximum Gasteiger partial charge on any atom is 0.326 e. The molecule has 0 radical (unpaired) electrons. The molecule has 0 aliphatic heterocycles. The highest BCUT2D eigenvalue weighted by Gasteiger charge is 2.31. The van der Waals surface area contributed by atoms with Gasteiger partial charge in [-0.15, -0.1) is 0 Å². The van der Waals surface area contributed by atoms with E-state index in [1.165, 1.54) is 24.7 Å². The summed E-state index contributed by atoms with van der Waals surface area (Å²) in [5.74, 6) is -2.44. The number of nitrogens with one attached hydrogen (secondary N) is 3. The van der Waals surface area contributed by atoms with Gasteiger partial charge in [0, 0.05) is 18.3 Å². The van der Waals surface area contributed by atoms with Crippen molar-refractivity contribution in [3.05, 3.63) is 48.0 Å². The zero-order chi connectivity index (χ0) is 23.0. The number of hydrogen-bond acceptors (Lipinski definition) is 6. The number of rotatable bonds is 11. The summed E-state index contributed by atoms with van der Waals surface area (Å²) in [5, 5.41) is 24.0. The highest BCUT2D eigenvalue weighted by molar-refractivity contribution is 5.92. The van der Waals surface area contributed by atoms with Gasteiger partial charge >= 0.3 is 5.97 Å². The monoisotopic (exact) mass is 431 g/mol. The summed E-state index contributed by atoms with van der Waals surface area (Å²) in [6, 6.07) is 3.29. The predicted molar refractivity (Wildman–Crippen MR) is 113 cm³/mol. The molecule has 7 N–H and O–H groups in total. The number of aromatic nitrogens is 2. The molecule has 168 valence electrons. The van der Waals surface area contributed by atoms with Crippen molar-refractivity contribution in [1.29, 1.82) is 0 Å². The van der Waals surface area contributed by atoms with Crippen LogP contribution in [0.25, 0.3) is 0 Å². The largest absolute Gasteiger partial charge is 0.508 e. The number of nitrogens with zero attached hydrogens (tertiary/aromatic N) is 1. The van der Waals surface area contributed by atoms with Gasteiger partial charge in [-0.25, -0.2) is 9.78 Å². The van der Waals surface area contributed by atoms with Gasteiger partial charge in [-0.2, -0.15) is 0 Å². The molecule has 10 nitrogen and oxygen atoms in total. The summed E-state index contributed by atoms with van der Waals surface area (Å²) in [7, 11) is 0. The van der Waals surface area contributed by atoms with Gasteiger partial charge in [0.1, 0.15) is 17.8 Å². The molecule has 0 spiro atoms. The first-order chi connectivity index (χ1) is 14.7. The molecular formula is C21H29N5O5. The van der Waals surface area contributed by atoms with Gasteiger partial charge in [0.2, 0.25) is 11.8 Å². The second-order valence-corrected chi connectivity index (χ2v) is 7.53. The molecule has 31 heavy (non-hydrogen) atoms. The number of H-pyrrole nitrogens is 1. The third-order valence-electron chi connectivity index (χ3n) is 5.12. The van der Waals surface area contributed by atoms with Crippen LogP contribution in [0.1, 0.15) is 31.5 Å². The number of nitrogens with two attached hydrogens (primary N) is 1. The Hall–Kier alpha value is -3.40. The fourth-order valence-corrected chi connectivity index (χ4v) is 3.02. The molecule has 0 bridgehead atoms. The molecular weight excluding hydrogens is 402 g/mol. The minimum atomic E-state index is -1.19. The molecule has 4 atom stereocenters. The maximum atomic E-state index is 12.9. The van der Waals surface area contributed by atoms with Crippen LogP contribution < -0.4 is 16.4 Å². The van der Waals surface area contributed by atoms with Crippen LogP contribution in [-0.4, -0.2) is 56.1 Å². The van der Waals surface area contributed by atoms with Crippen molar-refractivity contribution in [3.8, 4) is 5.75 Å². The minimum Gasteiger partial charge on any atom is -0.508 e. The number of phenolic OH excluding ortho intramolecular Hbond substituents is 1. The topological polar surface area (TPSA) is 170 Å². The number of hydrogen-bond donors (Lipinski definition) is 6. The van der Waals surface area contributed by atoms with Crippen molar-refractivity contribution < 1.29 is 24.6 Å². The summed E-state index contributed by atoms with van der Waals surface area (Å²) >= 11 is 0. The number of carbonyl (C=O) groups is 3. The number of aromatic amines is 1. The molecule has 1 aromatic carbocycles. The van der Waals surface area contributed by atoms with Gasteiger partial charge in [-0.05, 0) is 30.0 Å². The van der Waals surface area contributed by atoms with E-state index in [2.05, 4.69) is 20.6 Å². The Balaban J connectivity index is 2.04. The van der Waals surface area contributed by atoms with E-state index < -0.39 is 35.9 Å². The van der Waals surface area contributed by atoms with Crippen LogP contribution >= 0.6 is 0 Å². The Bertz CT molecular complexity index is 869. The van der Waals surface area contributed by atoms with Gasteiger partial charge in [0.05, 0.1) is 12.4 Å². The second kappa shape index (κ2) is 11.1. The number of benzene rings is 1. The van der Waals surface area contributed by atoms with E-state index in [0.29, 0.717) is 12.1 Å². The molecule has 1 heterocycles. The average Bonchev–Trinajstić information content (AvgIpc) is 3.25. The van der Waals surface area contributed by atoms with E-state index in [1.807, 2.05) is 6.92 Å². The molecule has 2 aromatic rings. The first-order valence-electron chi connectivity index (χ1n) is 10.1.